The number of rotatable bonds is 4. The molecule has 0 bridgehead atoms. The largest absolute Gasteiger partial charge is 0.506 e. The molecule has 0 spiro atoms. The molecule has 2 aromatic carbocycles. The van der Waals surface area contributed by atoms with Crippen molar-refractivity contribution in [2.24, 2.45) is 48.6 Å². The summed E-state index contributed by atoms with van der Waals surface area (Å²) >= 11 is 0. The molecule has 41 heavy (non-hydrogen) atoms. The van der Waals surface area contributed by atoms with Crippen molar-refractivity contribution in [2.45, 2.75) is 0 Å². The van der Waals surface area contributed by atoms with Crippen LogP contribution in [-0.4, -0.2) is 38.7 Å². The molecule has 4 N–H and O–H groups in total. The molecule has 2 heterocycles. The van der Waals surface area contributed by atoms with Crippen LogP contribution in [0.15, 0.2) is 88.2 Å². The standard InChI is InChI=1S/2C12H12N4O4.Co/c2*1-15-10(18)9(11(19)16(2)12(15)20)14-13-7-5-3-4-6-8(7)17;/h2*3-6,17-18H,1-2H3;. The van der Waals surface area contributed by atoms with E-state index in [1.807, 2.05) is 0 Å². The van der Waals surface area contributed by atoms with Crippen LogP contribution in [0.5, 0.6) is 23.3 Å². The van der Waals surface area contributed by atoms with Gasteiger partial charge in [-0.15, -0.1) is 20.5 Å². The summed E-state index contributed by atoms with van der Waals surface area (Å²) in [7, 11) is 5.14. The molecule has 17 heteroatoms. The summed E-state index contributed by atoms with van der Waals surface area (Å²) in [5, 5.41) is 53.2. The van der Waals surface area contributed by atoms with Crippen LogP contribution >= 0.6 is 0 Å². The van der Waals surface area contributed by atoms with Gasteiger partial charge >= 0.3 is 11.4 Å². The normalized spacial score (nSPS) is 10.8. The van der Waals surface area contributed by atoms with Crippen LogP contribution in [0.1, 0.15) is 0 Å². The van der Waals surface area contributed by atoms with E-state index in [0.717, 1.165) is 18.3 Å². The molecule has 0 atom stereocenters. The second-order valence-corrected chi connectivity index (χ2v) is 8.13. The van der Waals surface area contributed by atoms with E-state index >= 15 is 0 Å². The molecule has 0 unspecified atom stereocenters. The van der Waals surface area contributed by atoms with Crippen molar-refractivity contribution in [2.75, 3.05) is 0 Å². The van der Waals surface area contributed by atoms with Gasteiger partial charge < -0.3 is 20.4 Å². The number of phenolic OH excluding ortho intramolecular Hbond substituents is 2. The molecule has 0 aliphatic rings. The van der Waals surface area contributed by atoms with Gasteiger partial charge in [-0.1, -0.05) is 24.3 Å². The minimum atomic E-state index is -0.773. The molecule has 0 aliphatic carbocycles. The molecule has 0 amide bonds. The molecule has 2 aromatic heterocycles. The Morgan fingerprint density at radius 3 is 1.15 bits per heavy atom. The number of hydrogen-bond donors (Lipinski definition) is 4. The Balaban J connectivity index is 0.000000280. The van der Waals surface area contributed by atoms with Gasteiger partial charge in [0.15, 0.2) is 0 Å². The van der Waals surface area contributed by atoms with E-state index in [9.17, 15) is 39.6 Å². The van der Waals surface area contributed by atoms with Crippen LogP contribution in [0.2, 0.25) is 0 Å². The van der Waals surface area contributed by atoms with Gasteiger partial charge in [0.1, 0.15) is 22.9 Å². The van der Waals surface area contributed by atoms with Gasteiger partial charge in [-0.3, -0.25) is 27.9 Å². The Kier molecular flexibility index (Phi) is 10.3. The first kappa shape index (κ1) is 31.9. The average Bonchev–Trinajstić information content (AvgIpc) is 2.95. The van der Waals surface area contributed by atoms with E-state index in [1.165, 1.54) is 52.5 Å². The smallest absolute Gasteiger partial charge is 0.333 e. The zero-order chi connectivity index (χ0) is 29.7. The van der Waals surface area contributed by atoms with Gasteiger partial charge in [0.05, 0.1) is 0 Å². The first-order chi connectivity index (χ1) is 18.9. The third-order valence-electron chi connectivity index (χ3n) is 5.50. The zero-order valence-corrected chi connectivity index (χ0v) is 23.0. The van der Waals surface area contributed by atoms with Crippen molar-refractivity contribution in [3.8, 4) is 23.3 Å². The van der Waals surface area contributed by atoms with Gasteiger partial charge in [0.2, 0.25) is 23.1 Å². The molecular formula is C24H24CoN8O8. The van der Waals surface area contributed by atoms with Crippen molar-refractivity contribution in [1.29, 1.82) is 0 Å². The fourth-order valence-electron chi connectivity index (χ4n) is 3.11. The van der Waals surface area contributed by atoms with Crippen molar-refractivity contribution in [3.05, 3.63) is 90.2 Å². The summed E-state index contributed by atoms with van der Waals surface area (Å²) in [6.45, 7) is 0. The topological polar surface area (TPSA) is 218 Å². The molecule has 0 fully saturated rings. The van der Waals surface area contributed by atoms with E-state index in [4.69, 9.17) is 0 Å². The number of azo groups is 2. The Labute approximate surface area is 240 Å². The van der Waals surface area contributed by atoms with Crippen molar-refractivity contribution >= 4 is 22.7 Å². The Morgan fingerprint density at radius 1 is 0.512 bits per heavy atom. The maximum absolute atomic E-state index is 11.8. The van der Waals surface area contributed by atoms with Crippen LogP contribution in [0.4, 0.5) is 22.7 Å². The second kappa shape index (κ2) is 13.2. The summed E-state index contributed by atoms with van der Waals surface area (Å²) in [6.07, 6.45) is 0. The maximum atomic E-state index is 11.8. The number of aromatic hydroxyl groups is 4. The number of aromatic nitrogens is 4. The Hall–Kier alpha value is -5.29. The van der Waals surface area contributed by atoms with Gasteiger partial charge in [0, 0.05) is 45.0 Å². The van der Waals surface area contributed by atoms with Gasteiger partial charge in [0.25, 0.3) is 11.1 Å². The molecule has 217 valence electrons. The second-order valence-electron chi connectivity index (χ2n) is 8.13. The van der Waals surface area contributed by atoms with E-state index in [0.29, 0.717) is 0 Å². The zero-order valence-electron chi connectivity index (χ0n) is 22.0. The number of para-hydroxylation sites is 2. The maximum Gasteiger partial charge on any atom is 0.333 e. The Bertz CT molecular complexity index is 1750. The summed E-state index contributed by atoms with van der Waals surface area (Å²) < 4.78 is 3.36. The molecule has 1 radical (unpaired) electrons. The molecule has 4 aromatic rings. The number of benzene rings is 2. The van der Waals surface area contributed by atoms with E-state index in [-0.39, 0.29) is 51.0 Å². The molecule has 0 aliphatic heterocycles. The molecule has 16 nitrogen and oxygen atoms in total. The van der Waals surface area contributed by atoms with Crippen LogP contribution in [0, 0.1) is 0 Å². The van der Waals surface area contributed by atoms with E-state index < -0.39 is 34.3 Å². The summed E-state index contributed by atoms with van der Waals surface area (Å²) in [5.41, 5.74) is -3.36. The monoisotopic (exact) mass is 611 g/mol. The fraction of sp³-hybridized carbons (Fsp3) is 0.167. The minimum Gasteiger partial charge on any atom is -0.506 e. The van der Waals surface area contributed by atoms with Crippen molar-refractivity contribution in [3.63, 3.8) is 0 Å². The predicted octanol–water partition coefficient (Wildman–Crippen LogP) is 1.82. The predicted molar refractivity (Wildman–Crippen MR) is 142 cm³/mol. The van der Waals surface area contributed by atoms with E-state index in [1.54, 1.807) is 24.3 Å². The number of hydrogen-bond acceptors (Lipinski definition) is 12. The van der Waals surface area contributed by atoms with Gasteiger partial charge in [-0.05, 0) is 24.3 Å². The molecule has 0 saturated carbocycles. The third kappa shape index (κ3) is 6.65. The minimum absolute atomic E-state index is 0. The van der Waals surface area contributed by atoms with Crippen molar-refractivity contribution < 1.29 is 37.2 Å². The molecular weight excluding hydrogens is 587 g/mol. The first-order valence-electron chi connectivity index (χ1n) is 11.2. The fourth-order valence-corrected chi connectivity index (χ4v) is 3.11. The van der Waals surface area contributed by atoms with Crippen molar-refractivity contribution in [1.82, 2.24) is 18.3 Å². The molecule has 0 saturated heterocycles. The van der Waals surface area contributed by atoms with Crippen LogP contribution in [-0.2, 0) is 45.0 Å². The van der Waals surface area contributed by atoms with Crippen LogP contribution in [0.25, 0.3) is 0 Å². The van der Waals surface area contributed by atoms with E-state index in [2.05, 4.69) is 20.5 Å². The summed E-state index contributed by atoms with van der Waals surface area (Å²) in [4.78, 5) is 46.8. The quantitative estimate of drug-likeness (QED) is 0.249. The van der Waals surface area contributed by atoms with Gasteiger partial charge in [-0.2, -0.15) is 0 Å². The first-order valence-corrected chi connectivity index (χ1v) is 11.2. The summed E-state index contributed by atoms with van der Waals surface area (Å²) in [5.74, 6) is -1.40. The van der Waals surface area contributed by atoms with Crippen LogP contribution in [0.3, 0.4) is 0 Å². The SMILES string of the molecule is Cn1c(O)c(N=Nc2ccccc2O)c(=O)n(C)c1=O.Cn1c(O)c(N=Nc2ccccc2O)c(=O)n(C)c1=O.[Co]. The van der Waals surface area contributed by atoms with Crippen LogP contribution < -0.4 is 22.5 Å². The third-order valence-corrected chi connectivity index (χ3v) is 5.50. The Morgan fingerprint density at radius 2 is 0.829 bits per heavy atom. The number of phenols is 2. The number of nitrogens with zero attached hydrogens (tertiary/aromatic N) is 8. The summed E-state index contributed by atoms with van der Waals surface area (Å²) in [6, 6.07) is 12.3. The van der Waals surface area contributed by atoms with Gasteiger partial charge in [-0.25, -0.2) is 9.59 Å². The molecule has 4 rings (SSSR count). The average molecular weight is 611 g/mol.